The fourth-order valence-corrected chi connectivity index (χ4v) is 2.63. The molecule has 0 spiro atoms. The second-order valence-corrected chi connectivity index (χ2v) is 7.16. The van der Waals surface area contributed by atoms with E-state index in [9.17, 15) is 14.2 Å². The van der Waals surface area contributed by atoms with Crippen LogP contribution in [0.3, 0.4) is 0 Å². The molecule has 0 rings (SSSR count). The first kappa shape index (κ1) is 24.5. The third kappa shape index (κ3) is 12.0. The Kier molecular flexibility index (Phi) is 12.9. The van der Waals surface area contributed by atoms with E-state index in [1.807, 2.05) is 6.92 Å². The van der Waals surface area contributed by atoms with Gasteiger partial charge in [-0.05, 0) is 20.3 Å². The van der Waals surface area contributed by atoms with E-state index in [0.717, 1.165) is 12.8 Å². The first-order chi connectivity index (χ1) is 12.2. The molecule has 0 aromatic carbocycles. The highest BCUT2D eigenvalue weighted by atomic mass is 31.2. The van der Waals surface area contributed by atoms with Gasteiger partial charge < -0.3 is 9.47 Å². The SMILES string of the molecule is C=C(C)C(=O)OCCOP(=O)(OCCCCC)OCCOC(=O)C(=C)C. The van der Waals surface area contributed by atoms with Gasteiger partial charge in [-0.2, -0.15) is 0 Å². The molecule has 0 aromatic rings. The van der Waals surface area contributed by atoms with Gasteiger partial charge in [0.05, 0.1) is 19.8 Å². The summed E-state index contributed by atoms with van der Waals surface area (Å²) in [6.07, 6.45) is 2.58. The fourth-order valence-electron chi connectivity index (χ4n) is 1.45. The molecule has 0 atom stereocenters. The third-order valence-electron chi connectivity index (χ3n) is 2.83. The molecule has 0 aliphatic heterocycles. The fraction of sp³-hybridized carbons (Fsp3) is 0.647. The average Bonchev–Trinajstić information content (AvgIpc) is 2.59. The van der Waals surface area contributed by atoms with E-state index in [0.29, 0.717) is 6.42 Å². The molecule has 26 heavy (non-hydrogen) atoms. The minimum Gasteiger partial charge on any atom is -0.460 e. The number of carbonyl (C=O) groups is 2. The molecule has 0 amide bonds. The van der Waals surface area contributed by atoms with Gasteiger partial charge >= 0.3 is 19.8 Å². The molecule has 0 saturated heterocycles. The van der Waals surface area contributed by atoms with Crippen molar-refractivity contribution < 1.29 is 37.2 Å². The van der Waals surface area contributed by atoms with E-state index in [4.69, 9.17) is 23.0 Å². The number of esters is 2. The van der Waals surface area contributed by atoms with Gasteiger partial charge in [-0.15, -0.1) is 0 Å². The molecule has 0 bridgehead atoms. The Morgan fingerprint density at radius 3 is 1.58 bits per heavy atom. The summed E-state index contributed by atoms with van der Waals surface area (Å²) in [5.74, 6) is -1.14. The van der Waals surface area contributed by atoms with Crippen LogP contribution in [0.2, 0.25) is 0 Å². The molecule has 150 valence electrons. The Balaban J connectivity index is 4.38. The molecule has 0 aliphatic carbocycles. The highest BCUT2D eigenvalue weighted by molar-refractivity contribution is 7.48. The van der Waals surface area contributed by atoms with Crippen LogP contribution in [0.25, 0.3) is 0 Å². The maximum atomic E-state index is 12.6. The van der Waals surface area contributed by atoms with Crippen molar-refractivity contribution in [3.63, 3.8) is 0 Å². The molecule has 0 unspecified atom stereocenters. The van der Waals surface area contributed by atoms with E-state index in [-0.39, 0.29) is 44.2 Å². The van der Waals surface area contributed by atoms with Crippen molar-refractivity contribution in [2.24, 2.45) is 0 Å². The highest BCUT2D eigenvalue weighted by Crippen LogP contribution is 2.49. The van der Waals surface area contributed by atoms with Gasteiger partial charge in [-0.3, -0.25) is 13.6 Å². The van der Waals surface area contributed by atoms with Crippen LogP contribution in [0.4, 0.5) is 0 Å². The molecule has 0 saturated carbocycles. The number of phosphoric acid groups is 1. The Morgan fingerprint density at radius 2 is 1.19 bits per heavy atom. The van der Waals surface area contributed by atoms with Crippen LogP contribution in [0.1, 0.15) is 40.0 Å². The molecule has 0 radical (unpaired) electrons. The van der Waals surface area contributed by atoms with E-state index >= 15 is 0 Å². The number of hydrogen-bond acceptors (Lipinski definition) is 8. The summed E-state index contributed by atoms with van der Waals surface area (Å²) in [6, 6.07) is 0. The van der Waals surface area contributed by atoms with Crippen molar-refractivity contribution in [3.05, 3.63) is 24.3 Å². The van der Waals surface area contributed by atoms with E-state index in [1.54, 1.807) is 0 Å². The van der Waals surface area contributed by atoms with Crippen LogP contribution in [0.5, 0.6) is 0 Å². The molecule has 0 fully saturated rings. The predicted molar refractivity (Wildman–Crippen MR) is 96.5 cm³/mol. The number of hydrogen-bond donors (Lipinski definition) is 0. The summed E-state index contributed by atoms with van der Waals surface area (Å²) in [5, 5.41) is 0. The first-order valence-electron chi connectivity index (χ1n) is 8.40. The normalized spacial score (nSPS) is 11.0. The van der Waals surface area contributed by atoms with Crippen molar-refractivity contribution in [2.75, 3.05) is 33.0 Å². The van der Waals surface area contributed by atoms with Crippen LogP contribution in [-0.4, -0.2) is 45.0 Å². The zero-order valence-electron chi connectivity index (χ0n) is 15.8. The van der Waals surface area contributed by atoms with Crippen LogP contribution in [0.15, 0.2) is 24.3 Å². The van der Waals surface area contributed by atoms with Crippen LogP contribution >= 0.6 is 7.82 Å². The quantitative estimate of drug-likeness (QED) is 0.181. The molecule has 0 aromatic heterocycles. The maximum Gasteiger partial charge on any atom is 0.475 e. The zero-order valence-corrected chi connectivity index (χ0v) is 16.7. The molecular weight excluding hydrogens is 363 g/mol. The smallest absolute Gasteiger partial charge is 0.460 e. The summed E-state index contributed by atoms with van der Waals surface area (Å²) in [5.41, 5.74) is 0.499. The van der Waals surface area contributed by atoms with E-state index < -0.39 is 19.8 Å². The van der Waals surface area contributed by atoms with Gasteiger partial charge in [-0.25, -0.2) is 14.2 Å². The summed E-state index contributed by atoms with van der Waals surface area (Å²) in [7, 11) is -3.85. The molecule has 8 nitrogen and oxygen atoms in total. The minimum atomic E-state index is -3.85. The van der Waals surface area contributed by atoms with Crippen molar-refractivity contribution in [1.82, 2.24) is 0 Å². The van der Waals surface area contributed by atoms with Gasteiger partial charge in [-0.1, -0.05) is 32.9 Å². The Labute approximate surface area is 155 Å². The first-order valence-corrected chi connectivity index (χ1v) is 9.86. The summed E-state index contributed by atoms with van der Waals surface area (Å²) < 4.78 is 37.8. The standard InChI is InChI=1S/C17H29O8P/c1-6-7-8-9-23-26(20,24-12-10-21-16(18)14(2)3)25-13-11-22-17(19)15(4)5/h2,4,6-13H2,1,3,5H3. The second kappa shape index (κ2) is 13.7. The van der Waals surface area contributed by atoms with Gasteiger partial charge in [0.1, 0.15) is 13.2 Å². The molecular formula is C17H29O8P. The Morgan fingerprint density at radius 1 is 0.769 bits per heavy atom. The lowest BCUT2D eigenvalue weighted by Gasteiger charge is -2.18. The highest BCUT2D eigenvalue weighted by Gasteiger charge is 2.27. The van der Waals surface area contributed by atoms with Crippen molar-refractivity contribution >= 4 is 19.8 Å². The summed E-state index contributed by atoms with van der Waals surface area (Å²) in [4.78, 5) is 22.6. The lowest BCUT2D eigenvalue weighted by Crippen LogP contribution is -2.14. The van der Waals surface area contributed by atoms with Gasteiger partial charge in [0.2, 0.25) is 0 Å². The van der Waals surface area contributed by atoms with Crippen molar-refractivity contribution in [2.45, 2.75) is 40.0 Å². The molecule has 0 N–H and O–H groups in total. The second-order valence-electron chi connectivity index (χ2n) is 5.49. The lowest BCUT2D eigenvalue weighted by molar-refractivity contribution is -0.140. The number of carbonyl (C=O) groups excluding carboxylic acids is 2. The largest absolute Gasteiger partial charge is 0.475 e. The van der Waals surface area contributed by atoms with Crippen LogP contribution in [0, 0.1) is 0 Å². The van der Waals surface area contributed by atoms with Gasteiger partial charge in [0.25, 0.3) is 0 Å². The van der Waals surface area contributed by atoms with E-state index in [1.165, 1.54) is 13.8 Å². The monoisotopic (exact) mass is 392 g/mol. The predicted octanol–water partition coefficient (Wildman–Crippen LogP) is 3.57. The van der Waals surface area contributed by atoms with Crippen molar-refractivity contribution in [3.8, 4) is 0 Å². The number of unbranched alkanes of at least 4 members (excludes halogenated alkanes) is 2. The Bertz CT molecular complexity index is 491. The molecule has 0 heterocycles. The van der Waals surface area contributed by atoms with Crippen molar-refractivity contribution in [1.29, 1.82) is 0 Å². The maximum absolute atomic E-state index is 12.6. The number of rotatable bonds is 15. The molecule has 9 heteroatoms. The minimum absolute atomic E-state index is 0.123. The Hall–Kier alpha value is -1.47. The third-order valence-corrected chi connectivity index (χ3v) is 4.32. The topological polar surface area (TPSA) is 97.4 Å². The molecule has 0 aliphatic rings. The zero-order chi connectivity index (χ0) is 20.0. The van der Waals surface area contributed by atoms with Gasteiger partial charge in [0.15, 0.2) is 0 Å². The summed E-state index contributed by atoms with van der Waals surface area (Å²) in [6.45, 7) is 11.6. The van der Waals surface area contributed by atoms with E-state index in [2.05, 4.69) is 13.2 Å². The summed E-state index contributed by atoms with van der Waals surface area (Å²) >= 11 is 0. The van der Waals surface area contributed by atoms with Crippen LogP contribution < -0.4 is 0 Å². The number of phosphoric ester groups is 1. The lowest BCUT2D eigenvalue weighted by atomic mass is 10.3. The van der Waals surface area contributed by atoms with Crippen LogP contribution in [-0.2, 0) is 37.2 Å². The van der Waals surface area contributed by atoms with Gasteiger partial charge in [0, 0.05) is 11.1 Å². The number of ether oxygens (including phenoxy) is 2. The average molecular weight is 392 g/mol.